The molecule has 0 aromatic carbocycles. The molecule has 4 rings (SSSR count). The maximum absolute atomic E-state index is 13.6. The summed E-state index contributed by atoms with van der Waals surface area (Å²) >= 11 is 0. The average Bonchev–Trinajstić information content (AvgIpc) is 2.78. The Balaban J connectivity index is 1.86. The molecule has 0 radical (unpaired) electrons. The summed E-state index contributed by atoms with van der Waals surface area (Å²) in [4.78, 5) is 0. The molecule has 0 aromatic heterocycles. The van der Waals surface area contributed by atoms with Crippen LogP contribution < -0.4 is 0 Å². The second-order valence-electron chi connectivity index (χ2n) is 5.44. The minimum absolute atomic E-state index is 0.446. The topological polar surface area (TPSA) is 0 Å². The summed E-state index contributed by atoms with van der Waals surface area (Å²) in [7, 11) is 0. The van der Waals surface area contributed by atoms with E-state index in [9.17, 15) is 4.39 Å². The highest BCUT2D eigenvalue weighted by molar-refractivity contribution is 5.37. The second-order valence-corrected chi connectivity index (χ2v) is 5.44. The zero-order valence-electron chi connectivity index (χ0n) is 7.80. The van der Waals surface area contributed by atoms with Crippen molar-refractivity contribution in [3.8, 4) is 0 Å². The number of halogens is 1. The Bertz CT molecular complexity index is 304. The number of rotatable bonds is 0. The monoisotopic (exact) mass is 178 g/mol. The lowest BCUT2D eigenvalue weighted by Gasteiger charge is -2.30. The van der Waals surface area contributed by atoms with Gasteiger partial charge in [-0.2, -0.15) is 0 Å². The fourth-order valence-corrected chi connectivity index (χ4v) is 4.72. The maximum atomic E-state index is 13.6. The van der Waals surface area contributed by atoms with Crippen LogP contribution in [0.15, 0.2) is 11.1 Å². The Morgan fingerprint density at radius 1 is 1.23 bits per heavy atom. The van der Waals surface area contributed by atoms with Gasteiger partial charge in [-0.15, -0.1) is 0 Å². The molecule has 70 valence electrons. The van der Waals surface area contributed by atoms with Gasteiger partial charge in [0.05, 0.1) is 0 Å². The standard InChI is InChI=1S/C12H15F/c13-10-5-8-4-9(10)12-7-2-1-6(3-7)11(8)12/h7-10,12H,1-5H2. The molecule has 5 atom stereocenters. The Morgan fingerprint density at radius 3 is 3.08 bits per heavy atom. The Hall–Kier alpha value is -0.330. The Morgan fingerprint density at radius 2 is 2.15 bits per heavy atom. The van der Waals surface area contributed by atoms with Gasteiger partial charge in [-0.1, -0.05) is 11.1 Å². The third-order valence-corrected chi connectivity index (χ3v) is 5.03. The van der Waals surface area contributed by atoms with E-state index in [2.05, 4.69) is 0 Å². The average molecular weight is 178 g/mol. The molecule has 3 saturated carbocycles. The van der Waals surface area contributed by atoms with Gasteiger partial charge in [-0.3, -0.25) is 0 Å². The molecule has 1 heteroatoms. The molecule has 0 amide bonds. The van der Waals surface area contributed by atoms with E-state index >= 15 is 0 Å². The Kier molecular flexibility index (Phi) is 1.09. The van der Waals surface area contributed by atoms with Crippen LogP contribution in [0.2, 0.25) is 0 Å². The fourth-order valence-electron chi connectivity index (χ4n) is 4.72. The van der Waals surface area contributed by atoms with Crippen LogP contribution in [0.1, 0.15) is 32.1 Å². The molecule has 4 bridgehead atoms. The zero-order chi connectivity index (χ0) is 8.58. The van der Waals surface area contributed by atoms with E-state index in [0.29, 0.717) is 11.8 Å². The fraction of sp³-hybridized carbons (Fsp3) is 0.833. The number of alkyl halides is 1. The van der Waals surface area contributed by atoms with Crippen molar-refractivity contribution in [3.05, 3.63) is 11.1 Å². The third-order valence-electron chi connectivity index (χ3n) is 5.03. The molecule has 0 nitrogen and oxygen atoms in total. The predicted molar refractivity (Wildman–Crippen MR) is 49.0 cm³/mol. The van der Waals surface area contributed by atoms with E-state index in [1.165, 1.54) is 25.7 Å². The van der Waals surface area contributed by atoms with Crippen LogP contribution in [0.25, 0.3) is 0 Å². The normalized spacial score (nSPS) is 56.5. The summed E-state index contributed by atoms with van der Waals surface area (Å²) < 4.78 is 13.6. The molecule has 0 spiro atoms. The molecule has 0 N–H and O–H groups in total. The van der Waals surface area contributed by atoms with Crippen molar-refractivity contribution in [2.24, 2.45) is 23.7 Å². The van der Waals surface area contributed by atoms with Gasteiger partial charge in [0.2, 0.25) is 0 Å². The van der Waals surface area contributed by atoms with Crippen LogP contribution in [0.5, 0.6) is 0 Å². The van der Waals surface area contributed by atoms with Gasteiger partial charge in [0.1, 0.15) is 6.17 Å². The van der Waals surface area contributed by atoms with Gasteiger partial charge in [0.15, 0.2) is 0 Å². The SMILES string of the molecule is FC1CC2CC1C1C2=C2CCC1C2. The van der Waals surface area contributed by atoms with Crippen molar-refractivity contribution in [2.75, 3.05) is 0 Å². The van der Waals surface area contributed by atoms with E-state index in [1.807, 2.05) is 0 Å². The van der Waals surface area contributed by atoms with E-state index in [1.54, 1.807) is 11.1 Å². The summed E-state index contributed by atoms with van der Waals surface area (Å²) in [6.45, 7) is 0. The Labute approximate surface area is 78.2 Å². The molecule has 0 heterocycles. The van der Waals surface area contributed by atoms with Gasteiger partial charge in [-0.25, -0.2) is 4.39 Å². The summed E-state index contributed by atoms with van der Waals surface area (Å²) in [5, 5.41) is 0. The molecule has 0 saturated heterocycles. The predicted octanol–water partition coefficient (Wildman–Crippen LogP) is 3.09. The van der Waals surface area contributed by atoms with Crippen molar-refractivity contribution in [2.45, 2.75) is 38.3 Å². The van der Waals surface area contributed by atoms with Gasteiger partial charge in [-0.05, 0) is 55.8 Å². The van der Waals surface area contributed by atoms with Crippen molar-refractivity contribution < 1.29 is 4.39 Å². The summed E-state index contributed by atoms with van der Waals surface area (Å²) in [5.74, 6) is 2.73. The van der Waals surface area contributed by atoms with Gasteiger partial charge in [0, 0.05) is 0 Å². The van der Waals surface area contributed by atoms with E-state index in [0.717, 1.165) is 18.3 Å². The van der Waals surface area contributed by atoms with Gasteiger partial charge >= 0.3 is 0 Å². The van der Waals surface area contributed by atoms with Gasteiger partial charge < -0.3 is 0 Å². The smallest absolute Gasteiger partial charge is 0.104 e. The molecule has 0 aromatic rings. The molecule has 4 aliphatic carbocycles. The van der Waals surface area contributed by atoms with Crippen molar-refractivity contribution in [1.82, 2.24) is 0 Å². The zero-order valence-corrected chi connectivity index (χ0v) is 7.80. The molecule has 3 fully saturated rings. The lowest BCUT2D eigenvalue weighted by atomic mass is 9.76. The van der Waals surface area contributed by atoms with Crippen molar-refractivity contribution in [3.63, 3.8) is 0 Å². The highest BCUT2D eigenvalue weighted by atomic mass is 19.1. The van der Waals surface area contributed by atoms with Crippen LogP contribution in [0.4, 0.5) is 4.39 Å². The van der Waals surface area contributed by atoms with Crippen molar-refractivity contribution in [1.29, 1.82) is 0 Å². The molecule has 4 aliphatic rings. The van der Waals surface area contributed by atoms with Crippen LogP contribution >= 0.6 is 0 Å². The highest BCUT2D eigenvalue weighted by Gasteiger charge is 2.57. The maximum Gasteiger partial charge on any atom is 0.104 e. The summed E-state index contributed by atoms with van der Waals surface area (Å²) in [5.41, 5.74) is 3.52. The molecular weight excluding hydrogens is 163 g/mol. The van der Waals surface area contributed by atoms with Crippen LogP contribution in [-0.4, -0.2) is 6.17 Å². The van der Waals surface area contributed by atoms with Crippen LogP contribution in [-0.2, 0) is 0 Å². The summed E-state index contributed by atoms with van der Waals surface area (Å²) in [6.07, 6.45) is 5.70. The van der Waals surface area contributed by atoms with Crippen molar-refractivity contribution >= 4 is 0 Å². The lowest BCUT2D eigenvalue weighted by molar-refractivity contribution is 0.171. The molecule has 5 unspecified atom stereocenters. The summed E-state index contributed by atoms with van der Waals surface area (Å²) in [6, 6.07) is 0. The lowest BCUT2D eigenvalue weighted by Crippen LogP contribution is -2.27. The van der Waals surface area contributed by atoms with Crippen LogP contribution in [0.3, 0.4) is 0 Å². The third kappa shape index (κ3) is 0.660. The first-order valence-electron chi connectivity index (χ1n) is 5.70. The molecule has 0 aliphatic heterocycles. The van der Waals surface area contributed by atoms with Crippen LogP contribution in [0, 0.1) is 23.7 Å². The molecule has 13 heavy (non-hydrogen) atoms. The quantitative estimate of drug-likeness (QED) is 0.500. The van der Waals surface area contributed by atoms with Gasteiger partial charge in [0.25, 0.3) is 0 Å². The highest BCUT2D eigenvalue weighted by Crippen LogP contribution is 2.64. The molecular formula is C12H15F. The van der Waals surface area contributed by atoms with E-state index in [4.69, 9.17) is 0 Å². The van der Waals surface area contributed by atoms with E-state index in [-0.39, 0.29) is 0 Å². The first-order chi connectivity index (χ1) is 6.34. The number of allylic oxidation sites excluding steroid dienone is 2. The number of fused-ring (bicyclic) bond motifs is 8. The minimum Gasteiger partial charge on any atom is -0.247 e. The first-order valence-corrected chi connectivity index (χ1v) is 5.70. The number of hydrogen-bond acceptors (Lipinski definition) is 0. The van der Waals surface area contributed by atoms with E-state index < -0.39 is 6.17 Å². The minimum atomic E-state index is -0.446. The first kappa shape index (κ1) is 7.03. The largest absolute Gasteiger partial charge is 0.247 e. The number of hydrogen-bond donors (Lipinski definition) is 0. The second kappa shape index (κ2) is 2.02.